The van der Waals surface area contributed by atoms with E-state index >= 15 is 0 Å². The zero-order valence-corrected chi connectivity index (χ0v) is 10.6. The minimum atomic E-state index is -0.00803. The normalized spacial score (nSPS) is 21.1. The van der Waals surface area contributed by atoms with Crippen LogP contribution in [-0.2, 0) is 9.53 Å². The summed E-state index contributed by atoms with van der Waals surface area (Å²) in [5, 5.41) is 6.06. The quantitative estimate of drug-likeness (QED) is 0.740. The van der Waals surface area contributed by atoms with Crippen molar-refractivity contribution in [2.24, 2.45) is 0 Å². The molecule has 1 heterocycles. The van der Waals surface area contributed by atoms with Crippen LogP contribution in [0.1, 0.15) is 40.0 Å². The Kier molecular flexibility index (Phi) is 5.22. The summed E-state index contributed by atoms with van der Waals surface area (Å²) in [6.07, 6.45) is 3.58. The fraction of sp³-hybridized carbons (Fsp3) is 0.917. The molecule has 0 aromatic rings. The summed E-state index contributed by atoms with van der Waals surface area (Å²) in [4.78, 5) is 11.4. The average Bonchev–Trinajstić information content (AvgIpc) is 2.66. The van der Waals surface area contributed by atoms with Gasteiger partial charge in [0, 0.05) is 18.7 Å². The third-order valence-electron chi connectivity index (χ3n) is 2.59. The third-order valence-corrected chi connectivity index (χ3v) is 2.59. The van der Waals surface area contributed by atoms with Crippen molar-refractivity contribution in [2.75, 3.05) is 19.7 Å². The summed E-state index contributed by atoms with van der Waals surface area (Å²) >= 11 is 0. The van der Waals surface area contributed by atoms with Gasteiger partial charge in [-0.3, -0.25) is 4.79 Å². The summed E-state index contributed by atoms with van der Waals surface area (Å²) < 4.78 is 5.48. The molecule has 1 amide bonds. The second kappa shape index (κ2) is 6.21. The van der Waals surface area contributed by atoms with Crippen molar-refractivity contribution in [2.45, 2.75) is 51.7 Å². The van der Waals surface area contributed by atoms with E-state index < -0.39 is 0 Å². The summed E-state index contributed by atoms with van der Waals surface area (Å²) in [6, 6.07) is 0. The molecule has 4 nitrogen and oxygen atoms in total. The summed E-state index contributed by atoms with van der Waals surface area (Å²) in [7, 11) is 0. The van der Waals surface area contributed by atoms with Gasteiger partial charge < -0.3 is 15.4 Å². The van der Waals surface area contributed by atoms with Crippen molar-refractivity contribution in [3.8, 4) is 0 Å². The molecule has 1 aliphatic heterocycles. The lowest BCUT2D eigenvalue weighted by atomic mass is 10.1. The molecule has 0 saturated carbocycles. The van der Waals surface area contributed by atoms with Crippen molar-refractivity contribution in [3.63, 3.8) is 0 Å². The molecule has 0 bridgehead atoms. The van der Waals surface area contributed by atoms with Gasteiger partial charge in [-0.25, -0.2) is 0 Å². The first-order valence-corrected chi connectivity index (χ1v) is 6.11. The van der Waals surface area contributed by atoms with E-state index in [4.69, 9.17) is 4.74 Å². The Bertz CT molecular complexity index is 218. The minimum absolute atomic E-state index is 0.00803. The maximum Gasteiger partial charge on any atom is 0.233 e. The van der Waals surface area contributed by atoms with Crippen molar-refractivity contribution >= 4 is 5.91 Å². The number of carbonyl (C=O) groups is 1. The Morgan fingerprint density at radius 1 is 1.44 bits per heavy atom. The van der Waals surface area contributed by atoms with Crippen LogP contribution in [0.3, 0.4) is 0 Å². The first-order chi connectivity index (χ1) is 7.47. The monoisotopic (exact) mass is 228 g/mol. The zero-order chi connectivity index (χ0) is 12.0. The van der Waals surface area contributed by atoms with Gasteiger partial charge >= 0.3 is 0 Å². The third kappa shape index (κ3) is 6.08. The first-order valence-electron chi connectivity index (χ1n) is 6.11. The lowest BCUT2D eigenvalue weighted by Crippen LogP contribution is -2.43. The topological polar surface area (TPSA) is 50.4 Å². The van der Waals surface area contributed by atoms with E-state index in [0.717, 1.165) is 32.4 Å². The van der Waals surface area contributed by atoms with Crippen molar-refractivity contribution < 1.29 is 9.53 Å². The highest BCUT2D eigenvalue weighted by molar-refractivity contribution is 5.78. The first kappa shape index (κ1) is 13.5. The number of rotatable bonds is 5. The predicted octanol–water partition coefficient (Wildman–Crippen LogP) is 1.06. The summed E-state index contributed by atoms with van der Waals surface area (Å²) in [5.41, 5.74) is -0.00803. The van der Waals surface area contributed by atoms with Crippen LogP contribution >= 0.6 is 0 Å². The molecule has 4 heteroatoms. The van der Waals surface area contributed by atoms with Gasteiger partial charge in [-0.2, -0.15) is 0 Å². The molecule has 0 radical (unpaired) electrons. The second-order valence-electron chi connectivity index (χ2n) is 5.38. The van der Waals surface area contributed by atoms with Gasteiger partial charge in [-0.05, 0) is 40.0 Å². The Labute approximate surface area is 98.1 Å². The van der Waals surface area contributed by atoms with Crippen LogP contribution in [0.2, 0.25) is 0 Å². The van der Waals surface area contributed by atoms with Gasteiger partial charge in [0.1, 0.15) is 0 Å². The maximum atomic E-state index is 11.4. The number of amides is 1. The number of nitrogens with one attached hydrogen (secondary N) is 2. The lowest BCUT2D eigenvalue weighted by Gasteiger charge is -2.20. The Balaban J connectivity index is 2.01. The van der Waals surface area contributed by atoms with E-state index in [2.05, 4.69) is 10.6 Å². The van der Waals surface area contributed by atoms with Crippen molar-refractivity contribution in [3.05, 3.63) is 0 Å². The van der Waals surface area contributed by atoms with Crippen LogP contribution in [0.4, 0.5) is 0 Å². The Morgan fingerprint density at radius 3 is 2.75 bits per heavy atom. The van der Waals surface area contributed by atoms with E-state index in [1.807, 2.05) is 20.8 Å². The largest absolute Gasteiger partial charge is 0.378 e. The SMILES string of the molecule is CC(C)(C)NCC(=O)NCCC1CCCO1. The number of hydrogen-bond acceptors (Lipinski definition) is 3. The number of carbonyl (C=O) groups excluding carboxylic acids is 1. The van der Waals surface area contributed by atoms with E-state index in [1.54, 1.807) is 0 Å². The average molecular weight is 228 g/mol. The van der Waals surface area contributed by atoms with Gasteiger partial charge in [0.15, 0.2) is 0 Å². The second-order valence-corrected chi connectivity index (χ2v) is 5.38. The molecule has 94 valence electrons. The van der Waals surface area contributed by atoms with Crippen LogP contribution in [0.25, 0.3) is 0 Å². The van der Waals surface area contributed by atoms with Crippen LogP contribution in [-0.4, -0.2) is 37.2 Å². The highest BCUT2D eigenvalue weighted by atomic mass is 16.5. The molecule has 1 atom stereocenters. The fourth-order valence-corrected chi connectivity index (χ4v) is 1.65. The van der Waals surface area contributed by atoms with E-state index in [-0.39, 0.29) is 11.4 Å². The van der Waals surface area contributed by atoms with Gasteiger partial charge in [-0.15, -0.1) is 0 Å². The number of hydrogen-bond donors (Lipinski definition) is 2. The van der Waals surface area contributed by atoms with Crippen LogP contribution in [0.15, 0.2) is 0 Å². The molecular formula is C12H24N2O2. The Morgan fingerprint density at radius 2 is 2.19 bits per heavy atom. The molecule has 2 N–H and O–H groups in total. The maximum absolute atomic E-state index is 11.4. The molecular weight excluding hydrogens is 204 g/mol. The number of ether oxygens (including phenoxy) is 1. The molecule has 1 rings (SSSR count). The van der Waals surface area contributed by atoms with Crippen molar-refractivity contribution in [1.29, 1.82) is 0 Å². The van der Waals surface area contributed by atoms with Crippen LogP contribution in [0, 0.1) is 0 Å². The molecule has 1 fully saturated rings. The molecule has 0 aromatic heterocycles. The van der Waals surface area contributed by atoms with E-state index in [1.165, 1.54) is 0 Å². The zero-order valence-electron chi connectivity index (χ0n) is 10.6. The lowest BCUT2D eigenvalue weighted by molar-refractivity contribution is -0.120. The van der Waals surface area contributed by atoms with Crippen LogP contribution in [0.5, 0.6) is 0 Å². The molecule has 0 aliphatic carbocycles. The predicted molar refractivity (Wildman–Crippen MR) is 64.4 cm³/mol. The van der Waals surface area contributed by atoms with Gasteiger partial charge in [0.05, 0.1) is 12.6 Å². The molecule has 1 saturated heterocycles. The molecule has 1 unspecified atom stereocenters. The Hall–Kier alpha value is -0.610. The highest BCUT2D eigenvalue weighted by Crippen LogP contribution is 2.14. The molecule has 1 aliphatic rings. The molecule has 16 heavy (non-hydrogen) atoms. The van der Waals surface area contributed by atoms with Gasteiger partial charge in [-0.1, -0.05) is 0 Å². The molecule has 0 spiro atoms. The summed E-state index contributed by atoms with van der Waals surface area (Å²) in [5.74, 6) is 0.0629. The van der Waals surface area contributed by atoms with E-state index in [9.17, 15) is 4.79 Å². The summed E-state index contributed by atoms with van der Waals surface area (Å²) in [6.45, 7) is 8.13. The standard InChI is InChI=1S/C12H24N2O2/c1-12(2,3)14-9-11(15)13-7-6-10-5-4-8-16-10/h10,14H,4-9H2,1-3H3,(H,13,15). The fourth-order valence-electron chi connectivity index (χ4n) is 1.65. The smallest absolute Gasteiger partial charge is 0.233 e. The minimum Gasteiger partial charge on any atom is -0.378 e. The van der Waals surface area contributed by atoms with E-state index in [0.29, 0.717) is 12.6 Å². The van der Waals surface area contributed by atoms with Gasteiger partial charge in [0.2, 0.25) is 5.91 Å². The van der Waals surface area contributed by atoms with Crippen molar-refractivity contribution in [1.82, 2.24) is 10.6 Å². The van der Waals surface area contributed by atoms with Crippen LogP contribution < -0.4 is 10.6 Å². The molecule has 0 aromatic carbocycles. The highest BCUT2D eigenvalue weighted by Gasteiger charge is 2.15. The van der Waals surface area contributed by atoms with Gasteiger partial charge in [0.25, 0.3) is 0 Å².